The number of amides is 2. The summed E-state index contributed by atoms with van der Waals surface area (Å²) in [6, 6.07) is 10.4. The number of rotatable bonds is 7. The first-order valence-corrected chi connectivity index (χ1v) is 10.8. The zero-order valence-corrected chi connectivity index (χ0v) is 18.1. The molecule has 1 aliphatic carbocycles. The van der Waals surface area contributed by atoms with Crippen LogP contribution in [0.3, 0.4) is 0 Å². The number of tetrazole rings is 1. The summed E-state index contributed by atoms with van der Waals surface area (Å²) in [5, 5.41) is 14.9. The Kier molecular flexibility index (Phi) is 6.71. The molecule has 2 aromatic carbocycles. The number of halogens is 2. The highest BCUT2D eigenvalue weighted by Gasteiger charge is 2.31. The van der Waals surface area contributed by atoms with E-state index in [-0.39, 0.29) is 30.0 Å². The molecule has 1 aliphatic rings. The molecule has 0 unspecified atom stereocenters. The number of para-hydroxylation sites is 1. The highest BCUT2D eigenvalue weighted by Crippen LogP contribution is 2.23. The van der Waals surface area contributed by atoms with Crippen molar-refractivity contribution in [2.75, 3.05) is 4.90 Å². The lowest BCUT2D eigenvalue weighted by Crippen LogP contribution is -2.51. The van der Waals surface area contributed by atoms with E-state index in [0.717, 1.165) is 35.4 Å². The van der Waals surface area contributed by atoms with Crippen molar-refractivity contribution in [3.63, 3.8) is 0 Å². The van der Waals surface area contributed by atoms with Crippen LogP contribution in [0.15, 0.2) is 48.5 Å². The molecule has 1 fully saturated rings. The summed E-state index contributed by atoms with van der Waals surface area (Å²) < 4.78 is 27.8. The highest BCUT2D eigenvalue weighted by molar-refractivity contribution is 6.00. The molecule has 0 spiro atoms. The van der Waals surface area contributed by atoms with E-state index in [2.05, 4.69) is 20.7 Å². The van der Waals surface area contributed by atoms with E-state index < -0.39 is 23.6 Å². The van der Waals surface area contributed by atoms with Gasteiger partial charge in [0.1, 0.15) is 24.2 Å². The van der Waals surface area contributed by atoms with Gasteiger partial charge in [0, 0.05) is 11.6 Å². The maximum absolute atomic E-state index is 14.6. The lowest BCUT2D eigenvalue weighted by Gasteiger charge is -2.29. The van der Waals surface area contributed by atoms with Crippen LogP contribution in [0.1, 0.15) is 32.6 Å². The van der Waals surface area contributed by atoms with Crippen molar-refractivity contribution in [3.8, 4) is 11.4 Å². The second-order valence-electron chi connectivity index (χ2n) is 8.03. The summed E-state index contributed by atoms with van der Waals surface area (Å²) >= 11 is 0. The molecule has 2 amide bonds. The number of nitrogens with zero attached hydrogens (tertiary/aromatic N) is 5. The molecule has 3 aromatic rings. The number of nitrogens with one attached hydrogen (secondary N) is 1. The van der Waals surface area contributed by atoms with Crippen LogP contribution in [0.25, 0.3) is 11.4 Å². The maximum atomic E-state index is 14.6. The number of carbonyl (C=O) groups excluding carboxylic acids is 2. The van der Waals surface area contributed by atoms with Gasteiger partial charge >= 0.3 is 0 Å². The van der Waals surface area contributed by atoms with Gasteiger partial charge in [-0.1, -0.05) is 25.0 Å². The van der Waals surface area contributed by atoms with E-state index in [0.29, 0.717) is 5.56 Å². The number of benzene rings is 2. The Hall–Kier alpha value is -3.69. The van der Waals surface area contributed by atoms with Crippen LogP contribution in [0.4, 0.5) is 14.5 Å². The van der Waals surface area contributed by atoms with Crippen LogP contribution in [-0.4, -0.2) is 44.1 Å². The maximum Gasteiger partial charge on any atom is 0.251 e. The minimum absolute atomic E-state index is 0.00422. The third kappa shape index (κ3) is 5.21. The highest BCUT2D eigenvalue weighted by atomic mass is 19.1. The Balaban J connectivity index is 1.55. The van der Waals surface area contributed by atoms with E-state index in [9.17, 15) is 18.4 Å². The van der Waals surface area contributed by atoms with Crippen LogP contribution < -0.4 is 10.2 Å². The van der Waals surface area contributed by atoms with Crippen molar-refractivity contribution in [2.45, 2.75) is 51.2 Å². The van der Waals surface area contributed by atoms with E-state index in [1.807, 2.05) is 0 Å². The molecule has 0 bridgehead atoms. The summed E-state index contributed by atoms with van der Waals surface area (Å²) in [6.07, 6.45) is 3.87. The van der Waals surface area contributed by atoms with Gasteiger partial charge in [-0.2, -0.15) is 4.80 Å². The molecule has 8 nitrogen and oxygen atoms in total. The summed E-state index contributed by atoms with van der Waals surface area (Å²) in [4.78, 5) is 28.3. The zero-order chi connectivity index (χ0) is 23.4. The summed E-state index contributed by atoms with van der Waals surface area (Å²) in [7, 11) is 0. The first-order valence-electron chi connectivity index (χ1n) is 10.8. The minimum atomic E-state index is -0.949. The van der Waals surface area contributed by atoms with Crippen molar-refractivity contribution < 1.29 is 18.4 Å². The Bertz CT molecular complexity index is 1130. The topological polar surface area (TPSA) is 93.0 Å². The van der Waals surface area contributed by atoms with E-state index in [1.54, 1.807) is 13.0 Å². The van der Waals surface area contributed by atoms with Gasteiger partial charge in [-0.25, -0.2) is 8.78 Å². The third-order valence-electron chi connectivity index (χ3n) is 5.68. The number of aromatic nitrogens is 4. The van der Waals surface area contributed by atoms with E-state index in [4.69, 9.17) is 0 Å². The van der Waals surface area contributed by atoms with Crippen molar-refractivity contribution >= 4 is 17.5 Å². The van der Waals surface area contributed by atoms with Gasteiger partial charge < -0.3 is 5.32 Å². The lowest BCUT2D eigenvalue weighted by molar-refractivity contribution is -0.127. The first kappa shape index (κ1) is 22.5. The van der Waals surface area contributed by atoms with Gasteiger partial charge in [-0.15, -0.1) is 10.2 Å². The Labute approximate surface area is 189 Å². The quantitative estimate of drug-likeness (QED) is 0.592. The minimum Gasteiger partial charge on any atom is -0.352 e. The Morgan fingerprint density at radius 3 is 2.52 bits per heavy atom. The van der Waals surface area contributed by atoms with Gasteiger partial charge in [0.25, 0.3) is 5.91 Å². The average Bonchev–Trinajstić information content (AvgIpc) is 3.48. The number of anilines is 1. The zero-order valence-electron chi connectivity index (χ0n) is 18.1. The second-order valence-corrected chi connectivity index (χ2v) is 8.03. The van der Waals surface area contributed by atoms with Crippen LogP contribution in [0.5, 0.6) is 0 Å². The Morgan fingerprint density at radius 2 is 1.82 bits per heavy atom. The standard InChI is InChI=1S/C23H24F2N6O2/c1-15(23(33)26-18-6-2-3-7-18)31(20-9-5-4-8-19(20)25)21(32)14-30-28-22(27-29-30)16-10-12-17(24)13-11-16/h4-5,8-13,15,18H,2-3,6-7,14H2,1H3,(H,26,33)/t15-/m1/s1. The fourth-order valence-corrected chi connectivity index (χ4v) is 3.94. The van der Waals surface area contributed by atoms with Crippen LogP contribution in [0.2, 0.25) is 0 Å². The molecule has 0 saturated heterocycles. The van der Waals surface area contributed by atoms with Gasteiger partial charge in [0.2, 0.25) is 11.7 Å². The van der Waals surface area contributed by atoms with Gasteiger partial charge in [-0.05, 0) is 61.4 Å². The fraction of sp³-hybridized carbons (Fsp3) is 0.348. The molecule has 1 atom stereocenters. The van der Waals surface area contributed by atoms with Crippen molar-refractivity contribution in [1.29, 1.82) is 0 Å². The van der Waals surface area contributed by atoms with Crippen molar-refractivity contribution in [1.82, 2.24) is 25.5 Å². The molecule has 1 aromatic heterocycles. The predicted octanol–water partition coefficient (Wildman–Crippen LogP) is 3.10. The molecule has 1 saturated carbocycles. The summed E-state index contributed by atoms with van der Waals surface area (Å²) in [6.45, 7) is 1.21. The van der Waals surface area contributed by atoms with Crippen LogP contribution in [-0.2, 0) is 16.1 Å². The third-order valence-corrected chi connectivity index (χ3v) is 5.68. The molecule has 1 heterocycles. The van der Waals surface area contributed by atoms with Gasteiger partial charge in [0.15, 0.2) is 0 Å². The van der Waals surface area contributed by atoms with Gasteiger partial charge in [-0.3, -0.25) is 14.5 Å². The fourth-order valence-electron chi connectivity index (χ4n) is 3.94. The van der Waals surface area contributed by atoms with Crippen LogP contribution >= 0.6 is 0 Å². The second kappa shape index (κ2) is 9.85. The summed E-state index contributed by atoms with van der Waals surface area (Å²) in [5.74, 6) is -1.72. The van der Waals surface area contributed by atoms with Crippen LogP contribution in [0, 0.1) is 11.6 Å². The molecule has 172 valence electrons. The normalized spacial score (nSPS) is 14.8. The Morgan fingerprint density at radius 1 is 1.12 bits per heavy atom. The largest absolute Gasteiger partial charge is 0.352 e. The first-order chi connectivity index (χ1) is 15.9. The monoisotopic (exact) mass is 454 g/mol. The molecule has 0 aliphatic heterocycles. The SMILES string of the molecule is C[C@H](C(=O)NC1CCCC1)N(C(=O)Cn1nnc(-c2ccc(F)cc2)n1)c1ccccc1F. The smallest absolute Gasteiger partial charge is 0.251 e. The number of hydrogen-bond donors (Lipinski definition) is 1. The molecule has 1 N–H and O–H groups in total. The summed E-state index contributed by atoms with van der Waals surface area (Å²) in [5.41, 5.74) is 0.529. The lowest BCUT2D eigenvalue weighted by atomic mass is 10.1. The average molecular weight is 454 g/mol. The predicted molar refractivity (Wildman–Crippen MR) is 117 cm³/mol. The molecule has 4 rings (SSSR count). The molecule has 0 radical (unpaired) electrons. The molecular formula is C23H24F2N6O2. The number of carbonyl (C=O) groups is 2. The van der Waals surface area contributed by atoms with E-state index >= 15 is 0 Å². The van der Waals surface area contributed by atoms with Crippen molar-refractivity contribution in [2.24, 2.45) is 0 Å². The number of hydrogen-bond acceptors (Lipinski definition) is 5. The van der Waals surface area contributed by atoms with E-state index in [1.165, 1.54) is 42.5 Å². The molecular weight excluding hydrogens is 430 g/mol. The van der Waals surface area contributed by atoms with Gasteiger partial charge in [0.05, 0.1) is 5.69 Å². The van der Waals surface area contributed by atoms with Crippen molar-refractivity contribution in [3.05, 3.63) is 60.2 Å². The molecule has 10 heteroatoms. The molecule has 33 heavy (non-hydrogen) atoms.